The first-order valence-electron chi connectivity index (χ1n) is 5.01. The highest BCUT2D eigenvalue weighted by atomic mass is 16.6. The summed E-state index contributed by atoms with van der Waals surface area (Å²) >= 11 is 0. The zero-order valence-corrected chi connectivity index (χ0v) is 9.45. The van der Waals surface area contributed by atoms with Crippen LogP contribution in [0.1, 0.15) is 27.2 Å². The molecular formula is C11H17NO3. The van der Waals surface area contributed by atoms with Crippen molar-refractivity contribution in [3.05, 3.63) is 12.8 Å². The van der Waals surface area contributed by atoms with Crippen molar-refractivity contribution < 1.29 is 14.3 Å². The van der Waals surface area contributed by atoms with Gasteiger partial charge >= 0.3 is 5.97 Å². The third-order valence-corrected chi connectivity index (χ3v) is 2.15. The Kier molecular flexibility index (Phi) is 3.17. The van der Waals surface area contributed by atoms with Gasteiger partial charge in [0, 0.05) is 6.54 Å². The van der Waals surface area contributed by atoms with Crippen LogP contribution in [0.2, 0.25) is 0 Å². The van der Waals surface area contributed by atoms with Crippen molar-refractivity contribution in [3.63, 3.8) is 0 Å². The predicted octanol–water partition coefficient (Wildman–Crippen LogP) is 1.32. The molecule has 1 unspecified atom stereocenters. The van der Waals surface area contributed by atoms with Crippen molar-refractivity contribution in [2.24, 2.45) is 5.92 Å². The van der Waals surface area contributed by atoms with Crippen LogP contribution < -0.4 is 0 Å². The van der Waals surface area contributed by atoms with Gasteiger partial charge in [-0.3, -0.25) is 9.59 Å². The number of ether oxygens (including phenoxy) is 1. The molecule has 0 radical (unpaired) electrons. The molecule has 15 heavy (non-hydrogen) atoms. The topological polar surface area (TPSA) is 46.6 Å². The maximum atomic E-state index is 11.6. The van der Waals surface area contributed by atoms with E-state index < -0.39 is 17.5 Å². The lowest BCUT2D eigenvalue weighted by Gasteiger charge is -2.21. The largest absolute Gasteiger partial charge is 0.459 e. The van der Waals surface area contributed by atoms with Crippen molar-refractivity contribution >= 4 is 11.9 Å². The molecule has 1 heterocycles. The van der Waals surface area contributed by atoms with E-state index in [9.17, 15) is 9.59 Å². The van der Waals surface area contributed by atoms with Crippen LogP contribution in [0, 0.1) is 5.92 Å². The molecule has 1 rings (SSSR count). The number of carbonyl (C=O) groups is 2. The lowest BCUT2D eigenvalue weighted by molar-refractivity contribution is -0.162. The molecule has 1 saturated heterocycles. The second-order valence-electron chi connectivity index (χ2n) is 4.59. The Morgan fingerprint density at radius 3 is 2.60 bits per heavy atom. The van der Waals surface area contributed by atoms with E-state index in [0.29, 0.717) is 13.0 Å². The second-order valence-corrected chi connectivity index (χ2v) is 4.59. The Morgan fingerprint density at radius 1 is 1.60 bits per heavy atom. The molecular weight excluding hydrogens is 194 g/mol. The van der Waals surface area contributed by atoms with Gasteiger partial charge < -0.3 is 9.64 Å². The van der Waals surface area contributed by atoms with E-state index in [1.54, 1.807) is 20.8 Å². The Bertz CT molecular complexity index is 291. The number of rotatable bonds is 2. The van der Waals surface area contributed by atoms with Gasteiger partial charge in [0.15, 0.2) is 0 Å². The molecule has 0 aromatic heterocycles. The van der Waals surface area contributed by atoms with Gasteiger partial charge in [0.1, 0.15) is 11.5 Å². The average molecular weight is 211 g/mol. The van der Waals surface area contributed by atoms with E-state index in [1.165, 1.54) is 11.1 Å². The maximum absolute atomic E-state index is 11.6. The Hall–Kier alpha value is -1.32. The first-order chi connectivity index (χ1) is 6.85. The van der Waals surface area contributed by atoms with Gasteiger partial charge in [0.05, 0.1) is 0 Å². The highest BCUT2D eigenvalue weighted by Crippen LogP contribution is 2.21. The monoisotopic (exact) mass is 211 g/mol. The van der Waals surface area contributed by atoms with Gasteiger partial charge in [-0.1, -0.05) is 6.58 Å². The molecule has 4 nitrogen and oxygen atoms in total. The zero-order chi connectivity index (χ0) is 11.6. The number of hydrogen-bond acceptors (Lipinski definition) is 3. The molecule has 4 heteroatoms. The van der Waals surface area contributed by atoms with Gasteiger partial charge in [-0.2, -0.15) is 0 Å². The Labute approximate surface area is 89.9 Å². The number of amides is 1. The smallest absolute Gasteiger partial charge is 0.319 e. The summed E-state index contributed by atoms with van der Waals surface area (Å²) in [4.78, 5) is 24.7. The number of likely N-dealkylation sites (tertiary alicyclic amines) is 1. The summed E-state index contributed by atoms with van der Waals surface area (Å²) in [5.41, 5.74) is -0.543. The number of nitrogens with zero attached hydrogens (tertiary/aromatic N) is 1. The van der Waals surface area contributed by atoms with E-state index >= 15 is 0 Å². The van der Waals surface area contributed by atoms with Gasteiger partial charge in [0.25, 0.3) is 0 Å². The molecule has 1 fully saturated rings. The maximum Gasteiger partial charge on any atom is 0.319 e. The van der Waals surface area contributed by atoms with Crippen LogP contribution >= 0.6 is 0 Å². The molecule has 1 aliphatic rings. The normalized spacial score (nSPS) is 21.7. The van der Waals surface area contributed by atoms with Crippen LogP contribution in [-0.2, 0) is 14.3 Å². The minimum Gasteiger partial charge on any atom is -0.459 e. The molecule has 0 bridgehead atoms. The van der Waals surface area contributed by atoms with Crippen LogP contribution in [0.5, 0.6) is 0 Å². The molecule has 1 aliphatic heterocycles. The summed E-state index contributed by atoms with van der Waals surface area (Å²) < 4.78 is 5.16. The third-order valence-electron chi connectivity index (χ3n) is 2.15. The van der Waals surface area contributed by atoms with E-state index in [1.807, 2.05) is 0 Å². The van der Waals surface area contributed by atoms with Crippen molar-refractivity contribution in [1.29, 1.82) is 0 Å². The van der Waals surface area contributed by atoms with Crippen molar-refractivity contribution in [2.45, 2.75) is 32.8 Å². The lowest BCUT2D eigenvalue weighted by atomic mass is 10.1. The van der Waals surface area contributed by atoms with Gasteiger partial charge in [-0.05, 0) is 33.4 Å². The fourth-order valence-corrected chi connectivity index (χ4v) is 1.47. The summed E-state index contributed by atoms with van der Waals surface area (Å²) in [6, 6.07) is 0. The summed E-state index contributed by atoms with van der Waals surface area (Å²) in [6.45, 7) is 9.42. The molecule has 0 aromatic rings. The van der Waals surface area contributed by atoms with Gasteiger partial charge in [0.2, 0.25) is 5.91 Å². The Morgan fingerprint density at radius 2 is 2.20 bits per heavy atom. The predicted molar refractivity (Wildman–Crippen MR) is 55.9 cm³/mol. The zero-order valence-electron chi connectivity index (χ0n) is 9.45. The summed E-state index contributed by atoms with van der Waals surface area (Å²) in [5.74, 6) is -1.29. The van der Waals surface area contributed by atoms with Crippen LogP contribution in [0.4, 0.5) is 0 Å². The van der Waals surface area contributed by atoms with Crippen LogP contribution in [0.15, 0.2) is 12.8 Å². The minimum atomic E-state index is -0.651. The molecule has 84 valence electrons. The van der Waals surface area contributed by atoms with Crippen molar-refractivity contribution in [1.82, 2.24) is 4.90 Å². The highest BCUT2D eigenvalue weighted by molar-refractivity contribution is 5.99. The average Bonchev–Trinajstić information content (AvgIpc) is 2.43. The van der Waals surface area contributed by atoms with Gasteiger partial charge in [-0.25, -0.2) is 0 Å². The molecule has 0 spiro atoms. The molecule has 1 atom stereocenters. The van der Waals surface area contributed by atoms with Crippen LogP contribution in [0.25, 0.3) is 0 Å². The Balaban J connectivity index is 2.63. The second kappa shape index (κ2) is 4.04. The minimum absolute atomic E-state index is 0.209. The molecule has 0 aliphatic carbocycles. The lowest BCUT2D eigenvalue weighted by Crippen LogP contribution is -2.33. The third kappa shape index (κ3) is 2.81. The summed E-state index contributed by atoms with van der Waals surface area (Å²) in [6.07, 6.45) is 1.96. The summed E-state index contributed by atoms with van der Waals surface area (Å²) in [7, 11) is 0. The van der Waals surface area contributed by atoms with E-state index in [-0.39, 0.29) is 5.91 Å². The van der Waals surface area contributed by atoms with E-state index in [4.69, 9.17) is 4.74 Å². The standard InChI is InChI=1S/C11H17NO3/c1-5-12-7-6-8(9(12)13)10(14)15-11(2,3)4/h5,8H,1,6-7H2,2-4H3. The van der Waals surface area contributed by atoms with E-state index in [0.717, 1.165) is 0 Å². The first-order valence-corrected chi connectivity index (χ1v) is 5.01. The SMILES string of the molecule is C=CN1CCC(C(=O)OC(C)(C)C)C1=O. The number of hydrogen-bond donors (Lipinski definition) is 0. The molecule has 0 aromatic carbocycles. The molecule has 1 amide bonds. The van der Waals surface area contributed by atoms with Crippen LogP contribution in [0.3, 0.4) is 0 Å². The van der Waals surface area contributed by atoms with Crippen molar-refractivity contribution in [3.8, 4) is 0 Å². The number of carbonyl (C=O) groups excluding carboxylic acids is 2. The van der Waals surface area contributed by atoms with Gasteiger partial charge in [-0.15, -0.1) is 0 Å². The van der Waals surface area contributed by atoms with E-state index in [2.05, 4.69) is 6.58 Å². The summed E-state index contributed by atoms with van der Waals surface area (Å²) in [5, 5.41) is 0. The molecule has 0 saturated carbocycles. The first kappa shape index (κ1) is 11.8. The fraction of sp³-hybridized carbons (Fsp3) is 0.636. The quantitative estimate of drug-likeness (QED) is 0.511. The number of esters is 1. The van der Waals surface area contributed by atoms with Crippen LogP contribution in [-0.4, -0.2) is 28.9 Å². The fourth-order valence-electron chi connectivity index (χ4n) is 1.47. The van der Waals surface area contributed by atoms with Crippen molar-refractivity contribution in [2.75, 3.05) is 6.54 Å². The molecule has 0 N–H and O–H groups in total. The highest BCUT2D eigenvalue weighted by Gasteiger charge is 2.38.